The summed E-state index contributed by atoms with van der Waals surface area (Å²) >= 11 is 0. The molecule has 1 aliphatic carbocycles. The van der Waals surface area contributed by atoms with E-state index in [1.165, 1.54) is 5.56 Å². The van der Waals surface area contributed by atoms with Gasteiger partial charge in [-0.25, -0.2) is 0 Å². The number of hydrogen-bond donors (Lipinski definition) is 2. The Morgan fingerprint density at radius 1 is 1.34 bits per heavy atom. The van der Waals surface area contributed by atoms with Crippen LogP contribution in [0.3, 0.4) is 0 Å². The Morgan fingerprint density at radius 3 is 2.56 bits per heavy atom. The Balaban J connectivity index is 0.000000247. The van der Waals surface area contributed by atoms with E-state index >= 15 is 0 Å². The fraction of sp³-hybridized carbons (Fsp3) is 0.615. The Kier molecular flexibility index (Phi) is 10.2. The van der Waals surface area contributed by atoms with Crippen molar-refractivity contribution in [1.82, 2.24) is 10.2 Å². The Bertz CT molecular complexity index is 738. The molecule has 0 aromatic heterocycles. The Hall–Kier alpha value is -2.34. The van der Waals surface area contributed by atoms with E-state index < -0.39 is 0 Å². The molecule has 1 heterocycles. The minimum atomic E-state index is -0.338. The van der Waals surface area contributed by atoms with Crippen LogP contribution < -0.4 is 15.8 Å². The van der Waals surface area contributed by atoms with Crippen LogP contribution in [-0.2, 0) is 9.59 Å². The quantitative estimate of drug-likeness (QED) is 0.425. The first-order chi connectivity index (χ1) is 15.3. The van der Waals surface area contributed by atoms with Gasteiger partial charge in [0.1, 0.15) is 11.9 Å². The molecule has 2 aliphatic rings. The number of carbonyl (C=O) groups is 2. The van der Waals surface area contributed by atoms with Crippen LogP contribution in [0.4, 0.5) is 0 Å². The predicted molar refractivity (Wildman–Crippen MR) is 129 cm³/mol. The van der Waals surface area contributed by atoms with Gasteiger partial charge in [-0.3, -0.25) is 9.59 Å². The SMILES string of the molecule is C=CC(CC)CC(C)(N)CNC=O.Cc1cccc(OC2CCN(C(=O)C3CC3)CC2)c1. The van der Waals surface area contributed by atoms with Gasteiger partial charge in [0.2, 0.25) is 12.3 Å². The number of nitrogens with one attached hydrogen (secondary N) is 1. The molecule has 6 nitrogen and oxygen atoms in total. The standard InChI is InChI=1S/C16H21NO2.C10H20N2O/c1-12-3-2-4-15(11-12)19-14-7-9-17(10-8-14)16(18)13-5-6-13;1-4-9(5-2)6-10(3,11)7-12-8-13/h2-4,11,13-14H,5-10H2,1H3;4,8-9H,1,5-7,11H2,2-3H3,(H,12,13). The van der Waals surface area contributed by atoms with Crippen molar-refractivity contribution in [2.45, 2.75) is 70.9 Å². The smallest absolute Gasteiger partial charge is 0.225 e. The molecule has 0 radical (unpaired) electrons. The summed E-state index contributed by atoms with van der Waals surface area (Å²) in [6.07, 6.45) is 8.85. The summed E-state index contributed by atoms with van der Waals surface area (Å²) in [6, 6.07) is 8.18. The van der Waals surface area contributed by atoms with Crippen molar-refractivity contribution in [1.29, 1.82) is 0 Å². The maximum Gasteiger partial charge on any atom is 0.225 e. The Morgan fingerprint density at radius 2 is 2.03 bits per heavy atom. The van der Waals surface area contributed by atoms with Gasteiger partial charge in [-0.1, -0.05) is 25.1 Å². The fourth-order valence-electron chi connectivity index (χ4n) is 4.00. The van der Waals surface area contributed by atoms with Crippen LogP contribution in [0.2, 0.25) is 0 Å². The van der Waals surface area contributed by atoms with Crippen molar-refractivity contribution in [2.24, 2.45) is 17.6 Å². The number of nitrogens with zero attached hydrogens (tertiary/aromatic N) is 1. The van der Waals surface area contributed by atoms with E-state index in [1.54, 1.807) is 0 Å². The summed E-state index contributed by atoms with van der Waals surface area (Å²) in [5.41, 5.74) is 6.87. The van der Waals surface area contributed by atoms with Gasteiger partial charge in [0.15, 0.2) is 0 Å². The molecular formula is C26H41N3O3. The first kappa shape index (κ1) is 25.9. The van der Waals surface area contributed by atoms with E-state index in [0.717, 1.165) is 57.4 Å². The number of carbonyl (C=O) groups excluding carboxylic acids is 2. The molecule has 2 fully saturated rings. The number of nitrogens with two attached hydrogens (primary N) is 1. The van der Waals surface area contributed by atoms with Gasteiger partial charge >= 0.3 is 0 Å². The topological polar surface area (TPSA) is 84.7 Å². The third-order valence-electron chi connectivity index (χ3n) is 6.15. The van der Waals surface area contributed by atoms with Gasteiger partial charge < -0.3 is 20.7 Å². The first-order valence-corrected chi connectivity index (χ1v) is 11.9. The second-order valence-corrected chi connectivity index (χ2v) is 9.49. The number of aryl methyl sites for hydroxylation is 1. The van der Waals surface area contributed by atoms with Crippen LogP contribution in [0.1, 0.15) is 57.9 Å². The van der Waals surface area contributed by atoms with Crippen molar-refractivity contribution in [3.05, 3.63) is 42.5 Å². The maximum absolute atomic E-state index is 12.0. The van der Waals surface area contributed by atoms with Crippen molar-refractivity contribution in [3.8, 4) is 5.75 Å². The molecule has 3 rings (SSSR count). The maximum atomic E-state index is 12.0. The molecule has 2 unspecified atom stereocenters. The van der Waals surface area contributed by atoms with E-state index in [-0.39, 0.29) is 11.6 Å². The van der Waals surface area contributed by atoms with Crippen LogP contribution >= 0.6 is 0 Å². The summed E-state index contributed by atoms with van der Waals surface area (Å²) in [6.45, 7) is 12.1. The minimum Gasteiger partial charge on any atom is -0.490 e. The van der Waals surface area contributed by atoms with E-state index in [2.05, 4.69) is 37.9 Å². The number of likely N-dealkylation sites (tertiary alicyclic amines) is 1. The van der Waals surface area contributed by atoms with Crippen LogP contribution in [0.5, 0.6) is 5.75 Å². The van der Waals surface area contributed by atoms with E-state index in [1.807, 2.05) is 30.0 Å². The molecule has 2 atom stereocenters. The van der Waals surface area contributed by atoms with Crippen LogP contribution in [0, 0.1) is 18.8 Å². The highest BCUT2D eigenvalue weighted by Gasteiger charge is 2.35. The molecule has 1 aromatic carbocycles. The van der Waals surface area contributed by atoms with E-state index in [9.17, 15) is 9.59 Å². The van der Waals surface area contributed by atoms with Crippen LogP contribution in [-0.4, -0.2) is 48.5 Å². The number of ether oxygens (including phenoxy) is 1. The third kappa shape index (κ3) is 9.03. The number of benzene rings is 1. The largest absolute Gasteiger partial charge is 0.490 e. The molecule has 1 aliphatic heterocycles. The van der Waals surface area contributed by atoms with Gasteiger partial charge in [-0.15, -0.1) is 6.58 Å². The van der Waals surface area contributed by atoms with Crippen LogP contribution in [0.25, 0.3) is 0 Å². The van der Waals surface area contributed by atoms with Gasteiger partial charge in [-0.05, 0) is 63.1 Å². The van der Waals surface area contributed by atoms with Crippen molar-refractivity contribution in [3.63, 3.8) is 0 Å². The summed E-state index contributed by atoms with van der Waals surface area (Å²) < 4.78 is 6.00. The summed E-state index contributed by atoms with van der Waals surface area (Å²) in [4.78, 5) is 24.1. The molecule has 3 N–H and O–H groups in total. The molecular weight excluding hydrogens is 402 g/mol. The molecule has 0 bridgehead atoms. The highest BCUT2D eigenvalue weighted by molar-refractivity contribution is 5.81. The molecule has 1 aromatic rings. The molecule has 6 heteroatoms. The number of amides is 2. The zero-order valence-corrected chi connectivity index (χ0v) is 20.0. The second kappa shape index (κ2) is 12.6. The number of piperidine rings is 1. The average Bonchev–Trinajstić information content (AvgIpc) is 3.62. The highest BCUT2D eigenvalue weighted by atomic mass is 16.5. The van der Waals surface area contributed by atoms with Gasteiger partial charge in [0, 0.05) is 43.9 Å². The summed E-state index contributed by atoms with van der Waals surface area (Å²) in [5, 5.41) is 2.60. The van der Waals surface area contributed by atoms with Crippen molar-refractivity contribution < 1.29 is 14.3 Å². The van der Waals surface area contributed by atoms with Gasteiger partial charge in [-0.2, -0.15) is 0 Å². The lowest BCUT2D eigenvalue weighted by Crippen LogP contribution is -2.46. The van der Waals surface area contributed by atoms with Crippen molar-refractivity contribution in [2.75, 3.05) is 19.6 Å². The van der Waals surface area contributed by atoms with Crippen LogP contribution in [0.15, 0.2) is 36.9 Å². The monoisotopic (exact) mass is 443 g/mol. The lowest BCUT2D eigenvalue weighted by molar-refractivity contribution is -0.134. The van der Waals surface area contributed by atoms with Crippen molar-refractivity contribution >= 4 is 12.3 Å². The third-order valence-corrected chi connectivity index (χ3v) is 6.15. The fourth-order valence-corrected chi connectivity index (χ4v) is 4.00. The lowest BCUT2D eigenvalue weighted by atomic mass is 9.88. The normalized spacial score (nSPS) is 19.1. The molecule has 32 heavy (non-hydrogen) atoms. The Labute approximate surface area is 193 Å². The number of rotatable bonds is 10. The van der Waals surface area contributed by atoms with E-state index in [4.69, 9.17) is 10.5 Å². The number of hydrogen-bond acceptors (Lipinski definition) is 4. The summed E-state index contributed by atoms with van der Waals surface area (Å²) in [5.74, 6) is 2.10. The predicted octanol–water partition coefficient (Wildman–Crippen LogP) is 3.83. The first-order valence-electron chi connectivity index (χ1n) is 11.9. The summed E-state index contributed by atoms with van der Waals surface area (Å²) in [7, 11) is 0. The molecule has 1 saturated carbocycles. The molecule has 178 valence electrons. The minimum absolute atomic E-state index is 0.255. The molecule has 1 saturated heterocycles. The van der Waals surface area contributed by atoms with Gasteiger partial charge in [0.25, 0.3) is 0 Å². The number of allylic oxidation sites excluding steroid dienone is 1. The second-order valence-electron chi connectivity index (χ2n) is 9.49. The van der Waals surface area contributed by atoms with Gasteiger partial charge in [0.05, 0.1) is 0 Å². The lowest BCUT2D eigenvalue weighted by Gasteiger charge is -2.32. The van der Waals surface area contributed by atoms with E-state index in [0.29, 0.717) is 30.7 Å². The molecule has 2 amide bonds. The zero-order valence-electron chi connectivity index (χ0n) is 20.0. The molecule has 0 spiro atoms. The average molecular weight is 444 g/mol. The zero-order chi connectivity index (χ0) is 23.6. The highest BCUT2D eigenvalue weighted by Crippen LogP contribution is 2.32.